The van der Waals surface area contributed by atoms with E-state index in [-0.39, 0.29) is 30.1 Å². The highest BCUT2D eigenvalue weighted by molar-refractivity contribution is 6.06. The van der Waals surface area contributed by atoms with Gasteiger partial charge in [-0.1, -0.05) is 26.2 Å². The Morgan fingerprint density at radius 3 is 2.54 bits per heavy atom. The van der Waals surface area contributed by atoms with E-state index in [1.165, 1.54) is 10.7 Å². The van der Waals surface area contributed by atoms with Crippen LogP contribution < -0.4 is 15.4 Å². The summed E-state index contributed by atoms with van der Waals surface area (Å²) in [5.74, 6) is -0.131. The lowest BCUT2D eigenvalue weighted by Gasteiger charge is -2.43. The highest BCUT2D eigenvalue weighted by Crippen LogP contribution is 2.29. The van der Waals surface area contributed by atoms with Crippen LogP contribution in [0.3, 0.4) is 0 Å². The van der Waals surface area contributed by atoms with Crippen LogP contribution in [0.1, 0.15) is 80.3 Å². The fraction of sp³-hybridized carbons (Fsp3) is 0.538. The van der Waals surface area contributed by atoms with E-state index in [9.17, 15) is 14.4 Å². The van der Waals surface area contributed by atoms with Gasteiger partial charge in [0.1, 0.15) is 17.0 Å². The van der Waals surface area contributed by atoms with Crippen LogP contribution in [-0.2, 0) is 11.3 Å². The first-order valence-electron chi connectivity index (χ1n) is 12.6. The van der Waals surface area contributed by atoms with Crippen LogP contribution in [0.15, 0.2) is 30.3 Å². The molecule has 188 valence electrons. The number of nitrogens with one attached hydrogen (secondary N) is 2. The molecule has 1 fully saturated rings. The molecule has 4 rings (SSSR count). The Hall–Kier alpha value is -3.36. The van der Waals surface area contributed by atoms with Gasteiger partial charge in [-0.2, -0.15) is 5.10 Å². The topological polar surface area (TPSA) is 106 Å². The van der Waals surface area contributed by atoms with Crippen LogP contribution in [0.4, 0.5) is 5.69 Å². The Balaban J connectivity index is 1.55. The van der Waals surface area contributed by atoms with E-state index in [1.807, 2.05) is 6.92 Å². The van der Waals surface area contributed by atoms with E-state index in [2.05, 4.69) is 22.7 Å². The average molecular weight is 482 g/mol. The molecular formula is C26H35N5O4. The van der Waals surface area contributed by atoms with Gasteiger partial charge in [0, 0.05) is 24.3 Å². The first-order valence-corrected chi connectivity index (χ1v) is 12.6. The van der Waals surface area contributed by atoms with Gasteiger partial charge < -0.3 is 20.3 Å². The fourth-order valence-corrected chi connectivity index (χ4v) is 4.83. The smallest absolute Gasteiger partial charge is 0.276 e. The van der Waals surface area contributed by atoms with E-state index >= 15 is 0 Å². The Morgan fingerprint density at radius 2 is 1.89 bits per heavy atom. The fourth-order valence-electron chi connectivity index (χ4n) is 4.83. The number of hydrogen-bond donors (Lipinski definition) is 2. The predicted octanol–water partition coefficient (Wildman–Crippen LogP) is 3.61. The summed E-state index contributed by atoms with van der Waals surface area (Å²) >= 11 is 0. The molecule has 1 saturated carbocycles. The van der Waals surface area contributed by atoms with Crippen LogP contribution >= 0.6 is 0 Å². The number of anilines is 1. The maximum Gasteiger partial charge on any atom is 0.276 e. The standard InChI is InChI=1S/C26H35N5O4/c1-4-6-15-30-24(33)22-16-21(23(32)27-19-11-13-20(14-12-19)35-5-2)29-31(22)17-26(30,3)25(34)28-18-9-7-8-10-18/h11-14,16,18H,4-10,15,17H2,1-3H3,(H,27,32)(H,28,34)/t26-/m1/s1. The monoisotopic (exact) mass is 481 g/mol. The molecule has 9 nitrogen and oxygen atoms in total. The van der Waals surface area contributed by atoms with Gasteiger partial charge >= 0.3 is 0 Å². The summed E-state index contributed by atoms with van der Waals surface area (Å²) in [7, 11) is 0. The zero-order valence-electron chi connectivity index (χ0n) is 20.8. The van der Waals surface area contributed by atoms with Gasteiger partial charge in [-0.25, -0.2) is 0 Å². The average Bonchev–Trinajstić information content (AvgIpc) is 3.50. The molecule has 2 heterocycles. The summed E-state index contributed by atoms with van der Waals surface area (Å²) in [6.45, 7) is 7.00. The zero-order chi connectivity index (χ0) is 25.0. The van der Waals surface area contributed by atoms with E-state index < -0.39 is 11.4 Å². The number of aromatic nitrogens is 2. The van der Waals surface area contributed by atoms with Crippen molar-refractivity contribution in [2.45, 2.75) is 77.4 Å². The molecule has 2 aliphatic rings. The lowest BCUT2D eigenvalue weighted by Crippen LogP contribution is -2.65. The predicted molar refractivity (Wildman–Crippen MR) is 133 cm³/mol. The zero-order valence-corrected chi connectivity index (χ0v) is 20.8. The molecule has 2 aromatic rings. The van der Waals surface area contributed by atoms with Gasteiger partial charge in [-0.05, 0) is 57.4 Å². The minimum Gasteiger partial charge on any atom is -0.494 e. The van der Waals surface area contributed by atoms with Gasteiger partial charge in [0.15, 0.2) is 5.69 Å². The normalized spacial score (nSPS) is 20.0. The number of unbranched alkanes of at least 4 members (excludes halogenated alkanes) is 1. The highest BCUT2D eigenvalue weighted by atomic mass is 16.5. The summed E-state index contributed by atoms with van der Waals surface area (Å²) < 4.78 is 6.94. The van der Waals surface area contributed by atoms with Gasteiger partial charge in [-0.3, -0.25) is 19.1 Å². The second-order valence-electron chi connectivity index (χ2n) is 9.52. The van der Waals surface area contributed by atoms with Gasteiger partial charge in [0.2, 0.25) is 5.91 Å². The number of benzene rings is 1. The Labute approximate surface area is 206 Å². The summed E-state index contributed by atoms with van der Waals surface area (Å²) in [6.07, 6.45) is 5.84. The second-order valence-corrected chi connectivity index (χ2v) is 9.52. The van der Waals surface area contributed by atoms with E-state index in [0.29, 0.717) is 24.5 Å². The minimum absolute atomic E-state index is 0.137. The SMILES string of the molecule is CCCCN1C(=O)c2cc(C(=O)Nc3ccc(OCC)cc3)nn2C[C@]1(C)C(=O)NC1CCCC1. The van der Waals surface area contributed by atoms with Crippen molar-refractivity contribution in [3.05, 3.63) is 41.7 Å². The molecule has 0 saturated heterocycles. The Kier molecular flexibility index (Phi) is 7.42. The minimum atomic E-state index is -1.07. The van der Waals surface area contributed by atoms with Crippen LogP contribution in [0.5, 0.6) is 5.75 Å². The maximum atomic E-state index is 13.5. The van der Waals surface area contributed by atoms with Crippen molar-refractivity contribution in [2.24, 2.45) is 0 Å². The third kappa shape index (κ3) is 5.18. The molecule has 1 atom stereocenters. The van der Waals surface area contributed by atoms with Crippen molar-refractivity contribution in [2.75, 3.05) is 18.5 Å². The summed E-state index contributed by atoms with van der Waals surface area (Å²) in [5.41, 5.74) is -0.0141. The van der Waals surface area contributed by atoms with Crippen LogP contribution in [0.2, 0.25) is 0 Å². The lowest BCUT2D eigenvalue weighted by molar-refractivity contribution is -0.133. The third-order valence-corrected chi connectivity index (χ3v) is 6.87. The van der Waals surface area contributed by atoms with Gasteiger partial charge in [0.05, 0.1) is 13.2 Å². The molecule has 2 N–H and O–H groups in total. The number of ether oxygens (including phenoxy) is 1. The van der Waals surface area contributed by atoms with Gasteiger partial charge in [0.25, 0.3) is 11.8 Å². The van der Waals surface area contributed by atoms with Crippen molar-refractivity contribution in [1.82, 2.24) is 20.0 Å². The van der Waals surface area contributed by atoms with Crippen LogP contribution in [0, 0.1) is 0 Å². The number of carbonyl (C=O) groups excluding carboxylic acids is 3. The quantitative estimate of drug-likeness (QED) is 0.569. The number of fused-ring (bicyclic) bond motifs is 1. The summed E-state index contributed by atoms with van der Waals surface area (Å²) in [6, 6.07) is 8.72. The molecule has 9 heteroatoms. The third-order valence-electron chi connectivity index (χ3n) is 6.87. The largest absolute Gasteiger partial charge is 0.494 e. The Bertz CT molecular complexity index is 1070. The van der Waals surface area contributed by atoms with E-state index in [1.54, 1.807) is 36.1 Å². The number of nitrogens with zero attached hydrogens (tertiary/aromatic N) is 3. The first-order chi connectivity index (χ1) is 16.9. The molecule has 1 aromatic carbocycles. The molecule has 3 amide bonds. The molecule has 1 aliphatic carbocycles. The number of carbonyl (C=O) groups is 3. The van der Waals surface area contributed by atoms with Crippen molar-refractivity contribution in [1.29, 1.82) is 0 Å². The number of rotatable bonds is 9. The van der Waals surface area contributed by atoms with E-state index in [0.717, 1.165) is 44.3 Å². The lowest BCUT2D eigenvalue weighted by atomic mass is 9.94. The molecule has 1 aliphatic heterocycles. The molecule has 1 aromatic heterocycles. The molecule has 35 heavy (non-hydrogen) atoms. The number of amides is 3. The van der Waals surface area contributed by atoms with Crippen molar-refractivity contribution < 1.29 is 19.1 Å². The molecule has 0 unspecified atom stereocenters. The molecule has 0 spiro atoms. The first kappa shape index (κ1) is 24.8. The highest BCUT2D eigenvalue weighted by Gasteiger charge is 2.48. The van der Waals surface area contributed by atoms with Crippen LogP contribution in [-0.4, -0.2) is 57.1 Å². The van der Waals surface area contributed by atoms with Crippen molar-refractivity contribution >= 4 is 23.4 Å². The number of hydrogen-bond acceptors (Lipinski definition) is 5. The van der Waals surface area contributed by atoms with Crippen molar-refractivity contribution in [3.63, 3.8) is 0 Å². The maximum absolute atomic E-state index is 13.5. The van der Waals surface area contributed by atoms with Gasteiger partial charge in [-0.15, -0.1) is 0 Å². The summed E-state index contributed by atoms with van der Waals surface area (Å²) in [5, 5.41) is 10.4. The second kappa shape index (κ2) is 10.5. The molecular weight excluding hydrogens is 446 g/mol. The van der Waals surface area contributed by atoms with E-state index in [4.69, 9.17) is 4.74 Å². The Morgan fingerprint density at radius 1 is 1.17 bits per heavy atom. The molecule has 0 bridgehead atoms. The van der Waals surface area contributed by atoms with Crippen LogP contribution in [0.25, 0.3) is 0 Å². The summed E-state index contributed by atoms with van der Waals surface area (Å²) in [4.78, 5) is 41.5. The van der Waals surface area contributed by atoms with Crippen molar-refractivity contribution in [3.8, 4) is 5.75 Å². The molecule has 0 radical (unpaired) electrons.